The van der Waals surface area contributed by atoms with Gasteiger partial charge in [0, 0.05) is 6.21 Å². The highest BCUT2D eigenvalue weighted by Crippen LogP contribution is 2.40. The van der Waals surface area contributed by atoms with Gasteiger partial charge in [0.25, 0.3) is 0 Å². The molecule has 1 aliphatic rings. The molecule has 0 aromatic rings. The Labute approximate surface area is 130 Å². The normalized spacial score (nSPS) is 20.6. The van der Waals surface area contributed by atoms with E-state index in [0.29, 0.717) is 5.41 Å². The number of nitrogens with one attached hydrogen (secondary N) is 1. The Kier molecular flexibility index (Phi) is 6.61. The van der Waals surface area contributed by atoms with Gasteiger partial charge < -0.3 is 5.41 Å². The van der Waals surface area contributed by atoms with Crippen molar-refractivity contribution in [2.45, 2.75) is 53.9 Å². The quantitative estimate of drug-likeness (QED) is 0.461. The van der Waals surface area contributed by atoms with Gasteiger partial charge in [-0.05, 0) is 62.7 Å². The summed E-state index contributed by atoms with van der Waals surface area (Å²) in [5.74, 6) is 0. The summed E-state index contributed by atoms with van der Waals surface area (Å²) in [4.78, 5) is 0. The number of hydrogen-bond acceptors (Lipinski definition) is 1. The fourth-order valence-corrected chi connectivity index (χ4v) is 2.82. The molecule has 0 saturated carbocycles. The molecule has 1 rings (SSSR count). The van der Waals surface area contributed by atoms with E-state index in [1.165, 1.54) is 42.2 Å². The Morgan fingerprint density at radius 1 is 1.10 bits per heavy atom. The van der Waals surface area contributed by atoms with Crippen molar-refractivity contribution in [2.75, 3.05) is 0 Å². The Morgan fingerprint density at radius 2 is 1.76 bits per heavy atom. The van der Waals surface area contributed by atoms with Crippen LogP contribution in [0.25, 0.3) is 0 Å². The molecule has 0 atom stereocenters. The van der Waals surface area contributed by atoms with Gasteiger partial charge in [-0.1, -0.05) is 55.4 Å². The third-order valence-corrected chi connectivity index (χ3v) is 4.12. The number of allylic oxidation sites excluding steroid dienone is 10. The molecular formula is C20H29N. The molecule has 114 valence electrons. The molecule has 0 radical (unpaired) electrons. The van der Waals surface area contributed by atoms with Crippen molar-refractivity contribution in [3.8, 4) is 0 Å². The minimum absolute atomic E-state index is 0.304. The Hall–Kier alpha value is -1.63. The first kappa shape index (κ1) is 17.4. The maximum absolute atomic E-state index is 7.02. The SMILES string of the molecule is CC1=C(/C=C/C(C)=C\C=C\C(C)=C\C=N)C(C)(C)CCC1. The predicted octanol–water partition coefficient (Wildman–Crippen LogP) is 6.17. The molecule has 0 spiro atoms. The van der Waals surface area contributed by atoms with E-state index in [4.69, 9.17) is 5.41 Å². The van der Waals surface area contributed by atoms with Crippen LogP contribution in [0.4, 0.5) is 0 Å². The molecule has 1 heteroatoms. The lowest BCUT2D eigenvalue weighted by atomic mass is 9.72. The van der Waals surface area contributed by atoms with Crippen LogP contribution in [-0.4, -0.2) is 6.21 Å². The van der Waals surface area contributed by atoms with Crippen LogP contribution >= 0.6 is 0 Å². The van der Waals surface area contributed by atoms with E-state index in [2.05, 4.69) is 45.9 Å². The largest absolute Gasteiger partial charge is 0.309 e. The van der Waals surface area contributed by atoms with Crippen molar-refractivity contribution >= 4 is 6.21 Å². The van der Waals surface area contributed by atoms with Crippen molar-refractivity contribution in [1.82, 2.24) is 0 Å². The lowest BCUT2D eigenvalue weighted by Gasteiger charge is -2.32. The highest BCUT2D eigenvalue weighted by Gasteiger charge is 2.26. The van der Waals surface area contributed by atoms with Crippen LogP contribution < -0.4 is 0 Å². The Balaban J connectivity index is 2.80. The van der Waals surface area contributed by atoms with Crippen LogP contribution in [0, 0.1) is 10.8 Å². The molecule has 0 aliphatic heterocycles. The third-order valence-electron chi connectivity index (χ3n) is 4.12. The number of hydrogen-bond donors (Lipinski definition) is 1. The molecule has 0 aromatic carbocycles. The van der Waals surface area contributed by atoms with E-state index in [9.17, 15) is 0 Å². The van der Waals surface area contributed by atoms with Gasteiger partial charge in [-0.15, -0.1) is 0 Å². The third kappa shape index (κ3) is 5.71. The van der Waals surface area contributed by atoms with Crippen LogP contribution in [-0.2, 0) is 0 Å². The van der Waals surface area contributed by atoms with Crippen LogP contribution in [0.3, 0.4) is 0 Å². The molecule has 0 amide bonds. The van der Waals surface area contributed by atoms with E-state index in [-0.39, 0.29) is 0 Å². The summed E-state index contributed by atoms with van der Waals surface area (Å²) in [5.41, 5.74) is 5.68. The summed E-state index contributed by atoms with van der Waals surface area (Å²) in [6.45, 7) is 11.1. The second-order valence-corrected chi connectivity index (χ2v) is 6.61. The van der Waals surface area contributed by atoms with E-state index in [0.717, 1.165) is 5.57 Å². The topological polar surface area (TPSA) is 23.9 Å². The lowest BCUT2D eigenvalue weighted by molar-refractivity contribution is 0.377. The van der Waals surface area contributed by atoms with Gasteiger partial charge in [0.15, 0.2) is 0 Å². The summed E-state index contributed by atoms with van der Waals surface area (Å²) < 4.78 is 0. The minimum Gasteiger partial charge on any atom is -0.309 e. The monoisotopic (exact) mass is 283 g/mol. The first-order valence-electron chi connectivity index (χ1n) is 7.77. The number of rotatable bonds is 5. The summed E-state index contributed by atoms with van der Waals surface area (Å²) in [6, 6.07) is 0. The van der Waals surface area contributed by atoms with Crippen molar-refractivity contribution in [3.63, 3.8) is 0 Å². The molecule has 0 saturated heterocycles. The Morgan fingerprint density at radius 3 is 2.38 bits per heavy atom. The standard InChI is InChI=1S/C20H29N/c1-16(8-6-9-17(2)13-15-21)11-12-19-18(3)10-7-14-20(19,4)5/h6,8-9,11-13,15,21H,7,10,14H2,1-5H3/b9-6+,12-11+,16-8-,17-13+,21-15?. The fraction of sp³-hybridized carbons (Fsp3) is 0.450. The first-order valence-corrected chi connectivity index (χ1v) is 7.77. The van der Waals surface area contributed by atoms with E-state index < -0.39 is 0 Å². The Bertz CT molecular complexity index is 522. The molecule has 21 heavy (non-hydrogen) atoms. The van der Waals surface area contributed by atoms with Crippen molar-refractivity contribution < 1.29 is 0 Å². The molecule has 0 fully saturated rings. The molecular weight excluding hydrogens is 254 g/mol. The van der Waals surface area contributed by atoms with Gasteiger partial charge in [0.05, 0.1) is 0 Å². The van der Waals surface area contributed by atoms with Crippen molar-refractivity contribution in [1.29, 1.82) is 5.41 Å². The average molecular weight is 283 g/mol. The van der Waals surface area contributed by atoms with Crippen LogP contribution in [0.1, 0.15) is 53.9 Å². The summed E-state index contributed by atoms with van der Waals surface area (Å²) >= 11 is 0. The van der Waals surface area contributed by atoms with Crippen molar-refractivity contribution in [2.24, 2.45) is 5.41 Å². The second kappa shape index (κ2) is 7.97. The fourth-order valence-electron chi connectivity index (χ4n) is 2.82. The van der Waals surface area contributed by atoms with E-state index in [1.54, 1.807) is 6.08 Å². The van der Waals surface area contributed by atoms with Gasteiger partial charge in [0.2, 0.25) is 0 Å². The molecule has 0 bridgehead atoms. The summed E-state index contributed by atoms with van der Waals surface area (Å²) in [7, 11) is 0. The highest BCUT2D eigenvalue weighted by molar-refractivity contribution is 5.69. The average Bonchev–Trinajstić information content (AvgIpc) is 2.37. The predicted molar refractivity (Wildman–Crippen MR) is 94.9 cm³/mol. The maximum atomic E-state index is 7.02. The van der Waals surface area contributed by atoms with Gasteiger partial charge in [0.1, 0.15) is 0 Å². The van der Waals surface area contributed by atoms with Crippen LogP contribution in [0.15, 0.2) is 58.7 Å². The molecule has 1 N–H and O–H groups in total. The summed E-state index contributed by atoms with van der Waals surface area (Å²) in [6.07, 6.45) is 17.6. The smallest absolute Gasteiger partial charge is 0.0180 e. The lowest BCUT2D eigenvalue weighted by Crippen LogP contribution is -2.19. The molecule has 0 aromatic heterocycles. The van der Waals surface area contributed by atoms with Crippen molar-refractivity contribution in [3.05, 3.63) is 58.7 Å². The highest BCUT2D eigenvalue weighted by atomic mass is 14.3. The zero-order valence-electron chi connectivity index (χ0n) is 14.2. The van der Waals surface area contributed by atoms with Gasteiger partial charge in [-0.25, -0.2) is 0 Å². The second-order valence-electron chi connectivity index (χ2n) is 6.61. The summed E-state index contributed by atoms with van der Waals surface area (Å²) in [5, 5.41) is 7.02. The van der Waals surface area contributed by atoms with Crippen LogP contribution in [0.2, 0.25) is 0 Å². The minimum atomic E-state index is 0.304. The van der Waals surface area contributed by atoms with Gasteiger partial charge in [-0.3, -0.25) is 0 Å². The molecule has 0 unspecified atom stereocenters. The molecule has 0 heterocycles. The zero-order chi connectivity index (χ0) is 15.9. The van der Waals surface area contributed by atoms with E-state index >= 15 is 0 Å². The van der Waals surface area contributed by atoms with Gasteiger partial charge >= 0.3 is 0 Å². The zero-order valence-corrected chi connectivity index (χ0v) is 14.2. The van der Waals surface area contributed by atoms with Crippen LogP contribution in [0.5, 0.6) is 0 Å². The molecule has 1 aliphatic carbocycles. The van der Waals surface area contributed by atoms with Gasteiger partial charge in [-0.2, -0.15) is 0 Å². The molecule has 1 nitrogen and oxygen atoms in total. The first-order chi connectivity index (χ1) is 9.86. The van der Waals surface area contributed by atoms with E-state index in [1.807, 2.05) is 19.1 Å². The maximum Gasteiger partial charge on any atom is 0.0180 e.